The van der Waals surface area contributed by atoms with Crippen LogP contribution in [0.4, 0.5) is 0 Å². The van der Waals surface area contributed by atoms with Gasteiger partial charge in [0.05, 0.1) is 18.7 Å². The van der Waals surface area contributed by atoms with E-state index in [4.69, 9.17) is 9.63 Å². The quantitative estimate of drug-likeness (QED) is 0.887. The number of carboxylic acids is 1. The van der Waals surface area contributed by atoms with Crippen molar-refractivity contribution in [3.63, 3.8) is 0 Å². The van der Waals surface area contributed by atoms with Gasteiger partial charge in [0.2, 0.25) is 0 Å². The highest BCUT2D eigenvalue weighted by Crippen LogP contribution is 2.15. The van der Waals surface area contributed by atoms with E-state index in [0.717, 1.165) is 28.4 Å². The van der Waals surface area contributed by atoms with Crippen molar-refractivity contribution in [1.82, 2.24) is 14.9 Å². The summed E-state index contributed by atoms with van der Waals surface area (Å²) >= 11 is 0. The van der Waals surface area contributed by atoms with Gasteiger partial charge < -0.3 is 9.63 Å². The summed E-state index contributed by atoms with van der Waals surface area (Å²) in [5.41, 5.74) is 3.15. The molecule has 18 heavy (non-hydrogen) atoms. The second-order valence-electron chi connectivity index (χ2n) is 4.31. The highest BCUT2D eigenvalue weighted by atomic mass is 16.5. The van der Waals surface area contributed by atoms with Crippen molar-refractivity contribution in [3.8, 4) is 0 Å². The summed E-state index contributed by atoms with van der Waals surface area (Å²) in [6, 6.07) is 1.84. The number of hydrogen-bond donors (Lipinski definition) is 1. The molecular weight excluding hydrogens is 234 g/mol. The average Bonchev–Trinajstić information content (AvgIpc) is 2.78. The fourth-order valence-corrected chi connectivity index (χ4v) is 1.94. The lowest BCUT2D eigenvalue weighted by atomic mass is 10.1. The zero-order valence-electron chi connectivity index (χ0n) is 10.6. The van der Waals surface area contributed by atoms with Gasteiger partial charge in [-0.25, -0.2) is 0 Å². The molecule has 6 nitrogen and oxygen atoms in total. The maximum atomic E-state index is 10.8. The van der Waals surface area contributed by atoms with Crippen molar-refractivity contribution in [2.24, 2.45) is 0 Å². The first-order valence-electron chi connectivity index (χ1n) is 5.64. The van der Waals surface area contributed by atoms with Crippen molar-refractivity contribution < 1.29 is 14.4 Å². The topological polar surface area (TPSA) is 81.2 Å². The molecular formula is C12H15N3O3. The fraction of sp³-hybridized carbons (Fsp3) is 0.417. The molecule has 0 bridgehead atoms. The minimum absolute atomic E-state index is 0.00445. The molecule has 0 spiro atoms. The Labute approximate surface area is 104 Å². The van der Waals surface area contributed by atoms with Gasteiger partial charge >= 0.3 is 5.97 Å². The minimum atomic E-state index is -0.849. The van der Waals surface area contributed by atoms with Gasteiger partial charge in [0, 0.05) is 17.3 Å². The Balaban J connectivity index is 2.26. The van der Waals surface area contributed by atoms with Crippen LogP contribution in [0.15, 0.2) is 10.6 Å². The normalized spacial score (nSPS) is 10.8. The van der Waals surface area contributed by atoms with E-state index in [1.807, 2.05) is 26.8 Å². The van der Waals surface area contributed by atoms with Gasteiger partial charge in [-0.3, -0.25) is 9.48 Å². The van der Waals surface area contributed by atoms with Crippen LogP contribution in [0.5, 0.6) is 0 Å². The highest BCUT2D eigenvalue weighted by Gasteiger charge is 2.15. The zero-order valence-corrected chi connectivity index (χ0v) is 10.6. The molecule has 0 saturated carbocycles. The molecule has 0 aliphatic carbocycles. The average molecular weight is 249 g/mol. The molecule has 2 rings (SSSR count). The van der Waals surface area contributed by atoms with E-state index >= 15 is 0 Å². The predicted octanol–water partition coefficient (Wildman–Crippen LogP) is 1.47. The van der Waals surface area contributed by atoms with Gasteiger partial charge in [0.15, 0.2) is 0 Å². The number of aliphatic carboxylic acids is 1. The summed E-state index contributed by atoms with van der Waals surface area (Å²) in [5, 5.41) is 17.1. The van der Waals surface area contributed by atoms with E-state index in [1.165, 1.54) is 0 Å². The largest absolute Gasteiger partial charge is 0.481 e. The number of carboxylic acid groups (broad SMARTS) is 1. The second-order valence-corrected chi connectivity index (χ2v) is 4.31. The van der Waals surface area contributed by atoms with Crippen molar-refractivity contribution in [1.29, 1.82) is 0 Å². The monoisotopic (exact) mass is 249 g/mol. The van der Waals surface area contributed by atoms with E-state index in [9.17, 15) is 4.79 Å². The third-order valence-electron chi connectivity index (χ3n) is 2.85. The van der Waals surface area contributed by atoms with E-state index in [0.29, 0.717) is 6.54 Å². The summed E-state index contributed by atoms with van der Waals surface area (Å²) in [6.07, 6.45) is -0.00445. The summed E-state index contributed by atoms with van der Waals surface area (Å²) in [5.74, 6) is -0.102. The molecule has 2 heterocycles. The first-order valence-corrected chi connectivity index (χ1v) is 5.64. The summed E-state index contributed by atoms with van der Waals surface area (Å²) in [4.78, 5) is 10.8. The van der Waals surface area contributed by atoms with Crippen LogP contribution in [0.25, 0.3) is 0 Å². The molecule has 1 N–H and O–H groups in total. The van der Waals surface area contributed by atoms with Gasteiger partial charge in [0.25, 0.3) is 0 Å². The molecule has 2 aromatic rings. The molecule has 0 saturated heterocycles. The van der Waals surface area contributed by atoms with Gasteiger partial charge in [-0.2, -0.15) is 5.10 Å². The molecule has 6 heteroatoms. The van der Waals surface area contributed by atoms with Crippen LogP contribution in [-0.4, -0.2) is 26.0 Å². The van der Waals surface area contributed by atoms with E-state index in [2.05, 4.69) is 10.3 Å². The smallest absolute Gasteiger partial charge is 0.307 e. The van der Waals surface area contributed by atoms with Crippen LogP contribution in [0, 0.1) is 20.8 Å². The molecule has 0 aliphatic heterocycles. The van der Waals surface area contributed by atoms with Gasteiger partial charge in [0.1, 0.15) is 11.5 Å². The highest BCUT2D eigenvalue weighted by molar-refractivity contribution is 5.70. The fourth-order valence-electron chi connectivity index (χ4n) is 1.94. The lowest BCUT2D eigenvalue weighted by molar-refractivity contribution is -0.136. The lowest BCUT2D eigenvalue weighted by Gasteiger charge is -2.01. The molecule has 0 unspecified atom stereocenters. The number of carbonyl (C=O) groups is 1. The van der Waals surface area contributed by atoms with Crippen LogP contribution in [0.3, 0.4) is 0 Å². The summed E-state index contributed by atoms with van der Waals surface area (Å²) in [6.45, 7) is 6.00. The van der Waals surface area contributed by atoms with Gasteiger partial charge in [-0.05, 0) is 20.8 Å². The number of aromatic nitrogens is 3. The van der Waals surface area contributed by atoms with Crippen molar-refractivity contribution in [2.45, 2.75) is 33.7 Å². The van der Waals surface area contributed by atoms with Crippen LogP contribution >= 0.6 is 0 Å². The molecule has 0 aliphatic rings. The third kappa shape index (κ3) is 2.42. The molecule has 0 aromatic carbocycles. The molecule has 0 fully saturated rings. The molecule has 0 atom stereocenters. The molecule has 0 radical (unpaired) electrons. The molecule has 2 aromatic heterocycles. The van der Waals surface area contributed by atoms with Crippen LogP contribution in [-0.2, 0) is 17.8 Å². The number of hydrogen-bond acceptors (Lipinski definition) is 4. The standard InChI is InChI=1S/C12H15N3O3/c1-7-4-10(14-18-7)6-15-9(3)11(5-12(16)17)8(2)13-15/h4H,5-6H2,1-3H3,(H,16,17). The summed E-state index contributed by atoms with van der Waals surface area (Å²) < 4.78 is 6.75. The Bertz CT molecular complexity index is 583. The first-order chi connectivity index (χ1) is 8.47. The second kappa shape index (κ2) is 4.64. The van der Waals surface area contributed by atoms with Crippen molar-refractivity contribution in [3.05, 3.63) is 34.5 Å². The Morgan fingerprint density at radius 3 is 2.72 bits per heavy atom. The number of aryl methyl sites for hydroxylation is 2. The maximum Gasteiger partial charge on any atom is 0.307 e. The van der Waals surface area contributed by atoms with Crippen molar-refractivity contribution >= 4 is 5.97 Å². The first kappa shape index (κ1) is 12.3. The van der Waals surface area contributed by atoms with Crippen molar-refractivity contribution in [2.75, 3.05) is 0 Å². The minimum Gasteiger partial charge on any atom is -0.481 e. The Morgan fingerprint density at radius 1 is 1.44 bits per heavy atom. The van der Waals surface area contributed by atoms with E-state index in [-0.39, 0.29) is 6.42 Å². The van der Waals surface area contributed by atoms with Crippen LogP contribution < -0.4 is 0 Å². The number of rotatable bonds is 4. The molecule has 96 valence electrons. The van der Waals surface area contributed by atoms with Gasteiger partial charge in [-0.1, -0.05) is 5.16 Å². The van der Waals surface area contributed by atoms with Gasteiger partial charge in [-0.15, -0.1) is 0 Å². The van der Waals surface area contributed by atoms with Crippen LogP contribution in [0.1, 0.15) is 28.4 Å². The third-order valence-corrected chi connectivity index (χ3v) is 2.85. The van der Waals surface area contributed by atoms with E-state index in [1.54, 1.807) is 4.68 Å². The Morgan fingerprint density at radius 2 is 2.17 bits per heavy atom. The summed E-state index contributed by atoms with van der Waals surface area (Å²) in [7, 11) is 0. The Hall–Kier alpha value is -2.11. The maximum absolute atomic E-state index is 10.8. The molecule has 0 amide bonds. The SMILES string of the molecule is Cc1cc(Cn2nc(C)c(CC(=O)O)c2C)no1. The zero-order chi connectivity index (χ0) is 13.3. The Kier molecular flexibility index (Phi) is 3.18. The lowest BCUT2D eigenvalue weighted by Crippen LogP contribution is -2.06. The number of nitrogens with zero attached hydrogens (tertiary/aromatic N) is 3. The van der Waals surface area contributed by atoms with Crippen LogP contribution in [0.2, 0.25) is 0 Å². The van der Waals surface area contributed by atoms with E-state index < -0.39 is 5.97 Å². The predicted molar refractivity (Wildman–Crippen MR) is 63.4 cm³/mol.